The van der Waals surface area contributed by atoms with Gasteiger partial charge in [-0.1, -0.05) is 13.8 Å². The molecule has 0 fully saturated rings. The molecule has 128 valence electrons. The van der Waals surface area contributed by atoms with Gasteiger partial charge in [0.25, 0.3) is 0 Å². The Balaban J connectivity index is 0.00000264. The van der Waals surface area contributed by atoms with E-state index in [1.807, 2.05) is 19.9 Å². The number of hydrogen-bond acceptors (Lipinski definition) is 4. The lowest BCUT2D eigenvalue weighted by atomic mass is 10.2. The van der Waals surface area contributed by atoms with Gasteiger partial charge in [-0.2, -0.15) is 0 Å². The third-order valence-corrected chi connectivity index (χ3v) is 4.25. The summed E-state index contributed by atoms with van der Waals surface area (Å²) in [5.74, 6) is 3.11. The summed E-state index contributed by atoms with van der Waals surface area (Å²) in [5.41, 5.74) is 2.30. The number of guanidine groups is 1. The predicted octanol–water partition coefficient (Wildman–Crippen LogP) is 3.96. The maximum atomic E-state index is 5.53. The van der Waals surface area contributed by atoms with Crippen molar-refractivity contribution in [3.8, 4) is 0 Å². The van der Waals surface area contributed by atoms with Crippen LogP contribution in [-0.2, 0) is 13.1 Å². The van der Waals surface area contributed by atoms with E-state index in [0.29, 0.717) is 19.0 Å². The second-order valence-electron chi connectivity index (χ2n) is 5.54. The highest BCUT2D eigenvalue weighted by Gasteiger charge is 2.08. The fraction of sp³-hybridized carbons (Fsp3) is 0.500. The van der Waals surface area contributed by atoms with Gasteiger partial charge >= 0.3 is 0 Å². The van der Waals surface area contributed by atoms with Crippen LogP contribution in [0.3, 0.4) is 0 Å². The minimum atomic E-state index is 0. The summed E-state index contributed by atoms with van der Waals surface area (Å²) < 4.78 is 5.53. The van der Waals surface area contributed by atoms with E-state index in [2.05, 4.69) is 39.8 Å². The summed E-state index contributed by atoms with van der Waals surface area (Å²) in [7, 11) is 1.77. The molecule has 0 aliphatic heterocycles. The van der Waals surface area contributed by atoms with Crippen molar-refractivity contribution in [2.75, 3.05) is 7.05 Å². The molecule has 2 rings (SSSR count). The van der Waals surface area contributed by atoms with Crippen molar-refractivity contribution in [3.05, 3.63) is 39.2 Å². The Morgan fingerprint density at radius 2 is 2.00 bits per heavy atom. The van der Waals surface area contributed by atoms with Crippen molar-refractivity contribution in [2.24, 2.45) is 4.99 Å². The Kier molecular flexibility index (Phi) is 8.04. The maximum absolute atomic E-state index is 5.53. The molecule has 2 aromatic heterocycles. The number of furan rings is 1. The third-order valence-electron chi connectivity index (χ3n) is 3.38. The number of thiazole rings is 1. The first-order valence-electron chi connectivity index (χ1n) is 7.44. The van der Waals surface area contributed by atoms with Crippen molar-refractivity contribution < 1.29 is 4.42 Å². The van der Waals surface area contributed by atoms with Gasteiger partial charge in [0.15, 0.2) is 5.96 Å². The number of rotatable bonds is 5. The summed E-state index contributed by atoms with van der Waals surface area (Å²) in [6, 6.07) is 2.05. The average molecular weight is 448 g/mol. The van der Waals surface area contributed by atoms with Gasteiger partial charge in [0, 0.05) is 24.5 Å². The van der Waals surface area contributed by atoms with E-state index in [1.165, 1.54) is 0 Å². The van der Waals surface area contributed by atoms with Crippen molar-refractivity contribution in [2.45, 2.75) is 46.7 Å². The number of nitrogens with one attached hydrogen (secondary N) is 2. The van der Waals surface area contributed by atoms with E-state index in [0.717, 1.165) is 33.7 Å². The highest BCUT2D eigenvalue weighted by molar-refractivity contribution is 14.0. The van der Waals surface area contributed by atoms with E-state index in [9.17, 15) is 0 Å². The van der Waals surface area contributed by atoms with Crippen LogP contribution in [0.5, 0.6) is 0 Å². The fourth-order valence-electron chi connectivity index (χ4n) is 2.09. The molecule has 2 N–H and O–H groups in total. The number of aryl methyl sites for hydroxylation is 2. The molecular formula is C16H25IN4OS. The lowest BCUT2D eigenvalue weighted by Gasteiger charge is -2.10. The largest absolute Gasteiger partial charge is 0.466 e. The molecule has 0 unspecified atom stereocenters. The van der Waals surface area contributed by atoms with Crippen molar-refractivity contribution in [1.29, 1.82) is 0 Å². The van der Waals surface area contributed by atoms with E-state index in [-0.39, 0.29) is 24.0 Å². The zero-order chi connectivity index (χ0) is 16.1. The molecule has 2 aromatic rings. The molecule has 0 amide bonds. The van der Waals surface area contributed by atoms with Crippen LogP contribution in [0.1, 0.15) is 47.6 Å². The normalized spacial score (nSPS) is 11.5. The zero-order valence-electron chi connectivity index (χ0n) is 14.3. The number of aromatic nitrogens is 1. The predicted molar refractivity (Wildman–Crippen MR) is 107 cm³/mol. The quantitative estimate of drug-likeness (QED) is 0.413. The topological polar surface area (TPSA) is 62.5 Å². The summed E-state index contributed by atoms with van der Waals surface area (Å²) in [6.45, 7) is 9.62. The second kappa shape index (κ2) is 9.27. The molecule has 0 bridgehead atoms. The van der Waals surface area contributed by atoms with Gasteiger partial charge in [0.1, 0.15) is 16.5 Å². The first-order valence-corrected chi connectivity index (χ1v) is 8.32. The molecule has 5 nitrogen and oxygen atoms in total. The molecule has 23 heavy (non-hydrogen) atoms. The number of nitrogens with zero attached hydrogens (tertiary/aromatic N) is 2. The lowest BCUT2D eigenvalue weighted by Crippen LogP contribution is -2.36. The van der Waals surface area contributed by atoms with Crippen LogP contribution in [0.15, 0.2) is 20.9 Å². The van der Waals surface area contributed by atoms with Gasteiger partial charge in [0.2, 0.25) is 0 Å². The highest BCUT2D eigenvalue weighted by atomic mass is 127. The zero-order valence-corrected chi connectivity index (χ0v) is 17.4. The molecule has 0 atom stereocenters. The van der Waals surface area contributed by atoms with Crippen LogP contribution >= 0.6 is 35.3 Å². The minimum Gasteiger partial charge on any atom is -0.466 e. The first kappa shape index (κ1) is 20.0. The van der Waals surface area contributed by atoms with Crippen LogP contribution in [-0.4, -0.2) is 18.0 Å². The van der Waals surface area contributed by atoms with E-state index >= 15 is 0 Å². The minimum absolute atomic E-state index is 0. The summed E-state index contributed by atoms with van der Waals surface area (Å²) in [4.78, 5) is 8.85. The average Bonchev–Trinajstić information content (AvgIpc) is 3.06. The number of aliphatic imine (C=N–C) groups is 1. The Morgan fingerprint density at radius 1 is 1.30 bits per heavy atom. The smallest absolute Gasteiger partial charge is 0.191 e. The van der Waals surface area contributed by atoms with Gasteiger partial charge in [-0.3, -0.25) is 4.99 Å². The molecule has 0 saturated heterocycles. The maximum Gasteiger partial charge on any atom is 0.191 e. The van der Waals surface area contributed by atoms with Gasteiger partial charge in [-0.25, -0.2) is 4.98 Å². The standard InChI is InChI=1S/C16H24N4OS.HI/c1-10(2)14-9-22-15(20-14)8-19-16(17-5)18-7-13-6-11(3)21-12(13)4;/h6,9-10H,7-8H2,1-5H3,(H2,17,18,19);1H. The van der Waals surface area contributed by atoms with Crippen LogP contribution in [0.4, 0.5) is 0 Å². The van der Waals surface area contributed by atoms with Crippen LogP contribution < -0.4 is 10.6 Å². The molecule has 0 aliphatic carbocycles. The molecule has 7 heteroatoms. The summed E-state index contributed by atoms with van der Waals surface area (Å²) in [6.07, 6.45) is 0. The Bertz CT molecular complexity index is 648. The lowest BCUT2D eigenvalue weighted by molar-refractivity contribution is 0.500. The molecule has 0 aromatic carbocycles. The second-order valence-corrected chi connectivity index (χ2v) is 6.48. The van der Waals surface area contributed by atoms with Gasteiger partial charge < -0.3 is 15.1 Å². The third kappa shape index (κ3) is 5.80. The van der Waals surface area contributed by atoms with Crippen molar-refractivity contribution >= 4 is 41.3 Å². The first-order chi connectivity index (χ1) is 10.5. The molecule has 0 aliphatic rings. The van der Waals surface area contributed by atoms with Gasteiger partial charge in [0.05, 0.1) is 12.2 Å². The molecule has 2 heterocycles. The van der Waals surface area contributed by atoms with Gasteiger partial charge in [-0.15, -0.1) is 35.3 Å². The van der Waals surface area contributed by atoms with Crippen LogP contribution in [0.25, 0.3) is 0 Å². The fourth-order valence-corrected chi connectivity index (χ4v) is 2.98. The summed E-state index contributed by atoms with van der Waals surface area (Å²) in [5, 5.41) is 9.78. The van der Waals surface area contributed by atoms with E-state index in [4.69, 9.17) is 4.42 Å². The Hall–Kier alpha value is -1.09. The van der Waals surface area contributed by atoms with Crippen LogP contribution in [0.2, 0.25) is 0 Å². The summed E-state index contributed by atoms with van der Waals surface area (Å²) >= 11 is 1.68. The SMILES string of the molecule is CN=C(NCc1nc(C(C)C)cs1)NCc1cc(C)oc1C.I. The highest BCUT2D eigenvalue weighted by Crippen LogP contribution is 2.17. The molecule has 0 radical (unpaired) electrons. The number of hydrogen-bond donors (Lipinski definition) is 2. The Labute approximate surface area is 159 Å². The van der Waals surface area contributed by atoms with Crippen molar-refractivity contribution in [1.82, 2.24) is 15.6 Å². The molecular weight excluding hydrogens is 423 g/mol. The van der Waals surface area contributed by atoms with E-state index < -0.39 is 0 Å². The molecule has 0 spiro atoms. The Morgan fingerprint density at radius 3 is 2.52 bits per heavy atom. The van der Waals surface area contributed by atoms with Crippen LogP contribution in [0, 0.1) is 13.8 Å². The van der Waals surface area contributed by atoms with Crippen molar-refractivity contribution in [3.63, 3.8) is 0 Å². The van der Waals surface area contributed by atoms with Gasteiger partial charge in [-0.05, 0) is 25.8 Å². The van der Waals surface area contributed by atoms with E-state index in [1.54, 1.807) is 18.4 Å². The monoisotopic (exact) mass is 448 g/mol. The molecule has 0 saturated carbocycles. The number of halogens is 1.